The molecule has 0 unspecified atom stereocenters. The number of fused-ring (bicyclic) bond motifs is 1. The number of carbonyl (C=O) groups excluding carboxylic acids is 1. The highest BCUT2D eigenvalue weighted by Gasteiger charge is 2.24. The average Bonchev–Trinajstić information content (AvgIpc) is 2.63. The van der Waals surface area contributed by atoms with Crippen LogP contribution in [0, 0.1) is 0 Å². The van der Waals surface area contributed by atoms with Crippen LogP contribution in [-0.4, -0.2) is 29.6 Å². The van der Waals surface area contributed by atoms with E-state index in [9.17, 15) is 4.79 Å². The maximum atomic E-state index is 11.3. The molecule has 4 nitrogen and oxygen atoms in total. The largest absolute Gasteiger partial charge is 0.464 e. The molecule has 4 heteroatoms. The summed E-state index contributed by atoms with van der Waals surface area (Å²) in [5, 5.41) is 3.69. The SMILES string of the molecule is COC(=O)C1=CC=CN2CC=CN12. The zero-order valence-corrected chi connectivity index (χ0v) is 7.30. The lowest BCUT2D eigenvalue weighted by Crippen LogP contribution is -2.35. The molecule has 2 heterocycles. The fourth-order valence-corrected chi connectivity index (χ4v) is 1.36. The number of nitrogens with zero attached hydrogens (tertiary/aromatic N) is 2. The number of hydrazine groups is 1. The highest BCUT2D eigenvalue weighted by Crippen LogP contribution is 2.20. The van der Waals surface area contributed by atoms with Crippen LogP contribution in [0.5, 0.6) is 0 Å². The lowest BCUT2D eigenvalue weighted by atomic mass is 10.3. The first-order chi connectivity index (χ1) is 6.33. The van der Waals surface area contributed by atoms with Gasteiger partial charge in [-0.3, -0.25) is 10.0 Å². The van der Waals surface area contributed by atoms with Gasteiger partial charge in [-0.05, 0) is 18.2 Å². The van der Waals surface area contributed by atoms with Gasteiger partial charge in [0.15, 0.2) is 0 Å². The lowest BCUT2D eigenvalue weighted by molar-refractivity contribution is -0.139. The van der Waals surface area contributed by atoms with Gasteiger partial charge in [0.1, 0.15) is 5.70 Å². The van der Waals surface area contributed by atoms with E-state index in [0.717, 1.165) is 6.54 Å². The van der Waals surface area contributed by atoms with E-state index in [1.54, 1.807) is 11.1 Å². The van der Waals surface area contributed by atoms with Crippen molar-refractivity contribution in [2.45, 2.75) is 0 Å². The van der Waals surface area contributed by atoms with Gasteiger partial charge in [0.2, 0.25) is 0 Å². The van der Waals surface area contributed by atoms with Crippen LogP contribution in [0.1, 0.15) is 0 Å². The molecule has 0 radical (unpaired) electrons. The highest BCUT2D eigenvalue weighted by atomic mass is 16.5. The number of allylic oxidation sites excluding steroid dienone is 2. The molecule has 13 heavy (non-hydrogen) atoms. The molecular formula is C9H10N2O2. The van der Waals surface area contributed by atoms with Crippen molar-refractivity contribution in [3.05, 3.63) is 36.3 Å². The second-order valence-corrected chi connectivity index (χ2v) is 2.74. The summed E-state index contributed by atoms with van der Waals surface area (Å²) in [6, 6.07) is 0. The number of ether oxygens (including phenoxy) is 1. The Hall–Kier alpha value is -1.71. The second-order valence-electron chi connectivity index (χ2n) is 2.74. The Morgan fingerprint density at radius 1 is 1.54 bits per heavy atom. The fraction of sp³-hybridized carbons (Fsp3) is 0.222. The van der Waals surface area contributed by atoms with Crippen molar-refractivity contribution in [3.63, 3.8) is 0 Å². The van der Waals surface area contributed by atoms with Gasteiger partial charge in [-0.15, -0.1) is 0 Å². The summed E-state index contributed by atoms with van der Waals surface area (Å²) in [7, 11) is 1.38. The summed E-state index contributed by atoms with van der Waals surface area (Å²) in [5.41, 5.74) is 0.541. The fourth-order valence-electron chi connectivity index (χ4n) is 1.36. The third-order valence-corrected chi connectivity index (χ3v) is 1.97. The Morgan fingerprint density at radius 3 is 3.15 bits per heavy atom. The number of rotatable bonds is 1. The molecule has 68 valence electrons. The zero-order valence-electron chi connectivity index (χ0n) is 7.30. The molecule has 0 fully saturated rings. The Morgan fingerprint density at radius 2 is 2.38 bits per heavy atom. The van der Waals surface area contributed by atoms with E-state index >= 15 is 0 Å². The van der Waals surface area contributed by atoms with Gasteiger partial charge in [0.25, 0.3) is 0 Å². The summed E-state index contributed by atoms with van der Waals surface area (Å²) in [4.78, 5) is 11.3. The average molecular weight is 178 g/mol. The zero-order chi connectivity index (χ0) is 9.26. The minimum Gasteiger partial charge on any atom is -0.464 e. The van der Waals surface area contributed by atoms with E-state index in [2.05, 4.69) is 4.74 Å². The van der Waals surface area contributed by atoms with Crippen LogP contribution in [0.15, 0.2) is 36.3 Å². The predicted molar refractivity (Wildman–Crippen MR) is 46.9 cm³/mol. The first kappa shape index (κ1) is 7.91. The van der Waals surface area contributed by atoms with Crippen molar-refractivity contribution in [2.75, 3.05) is 13.7 Å². The molecule has 0 bridgehead atoms. The van der Waals surface area contributed by atoms with Crippen molar-refractivity contribution in [1.29, 1.82) is 0 Å². The van der Waals surface area contributed by atoms with Crippen molar-refractivity contribution in [2.24, 2.45) is 0 Å². The summed E-state index contributed by atoms with van der Waals surface area (Å²) in [6.45, 7) is 0.796. The molecule has 2 aliphatic rings. The summed E-state index contributed by atoms with van der Waals surface area (Å²) in [6.07, 6.45) is 9.30. The minimum absolute atomic E-state index is 0.319. The maximum Gasteiger partial charge on any atom is 0.356 e. The van der Waals surface area contributed by atoms with Gasteiger partial charge in [0, 0.05) is 12.4 Å². The maximum absolute atomic E-state index is 11.3. The second kappa shape index (κ2) is 2.97. The number of hydrogen-bond donors (Lipinski definition) is 0. The standard InChI is InChI=1S/C9H10N2O2/c1-13-9(12)8-4-2-5-10-6-3-7-11(8)10/h2-5,7H,6H2,1H3. The van der Waals surface area contributed by atoms with Crippen LogP contribution in [-0.2, 0) is 9.53 Å². The Bertz CT molecular complexity index is 318. The van der Waals surface area contributed by atoms with Crippen molar-refractivity contribution in [3.8, 4) is 0 Å². The van der Waals surface area contributed by atoms with Gasteiger partial charge in [0.05, 0.1) is 13.7 Å². The van der Waals surface area contributed by atoms with Crippen molar-refractivity contribution >= 4 is 5.97 Å². The molecule has 0 aromatic carbocycles. The third-order valence-electron chi connectivity index (χ3n) is 1.97. The monoisotopic (exact) mass is 178 g/mol. The molecule has 2 aliphatic heterocycles. The molecule has 0 saturated carbocycles. The molecule has 0 N–H and O–H groups in total. The smallest absolute Gasteiger partial charge is 0.356 e. The number of esters is 1. The first-order valence-corrected chi connectivity index (χ1v) is 4.02. The quantitative estimate of drug-likeness (QED) is 0.551. The Balaban J connectivity index is 2.26. The minimum atomic E-state index is -0.319. The summed E-state index contributed by atoms with van der Waals surface area (Å²) < 4.78 is 4.65. The van der Waals surface area contributed by atoms with E-state index in [0.29, 0.717) is 5.70 Å². The molecule has 0 saturated heterocycles. The molecule has 0 aromatic rings. The number of carbonyl (C=O) groups is 1. The van der Waals surface area contributed by atoms with Crippen LogP contribution in [0.4, 0.5) is 0 Å². The molecule has 0 aromatic heterocycles. The van der Waals surface area contributed by atoms with Crippen molar-refractivity contribution in [1.82, 2.24) is 10.0 Å². The van der Waals surface area contributed by atoms with Crippen LogP contribution in [0.25, 0.3) is 0 Å². The normalized spacial score (nSPS) is 18.7. The first-order valence-electron chi connectivity index (χ1n) is 4.02. The Kier molecular flexibility index (Phi) is 1.81. The van der Waals surface area contributed by atoms with Crippen LogP contribution < -0.4 is 0 Å². The van der Waals surface area contributed by atoms with E-state index in [1.807, 2.05) is 29.6 Å². The molecule has 2 rings (SSSR count). The number of methoxy groups -OCH3 is 1. The molecule has 0 aliphatic carbocycles. The van der Waals surface area contributed by atoms with Crippen LogP contribution in [0.2, 0.25) is 0 Å². The van der Waals surface area contributed by atoms with Crippen LogP contribution >= 0.6 is 0 Å². The van der Waals surface area contributed by atoms with Gasteiger partial charge >= 0.3 is 5.97 Å². The van der Waals surface area contributed by atoms with Crippen molar-refractivity contribution < 1.29 is 9.53 Å². The van der Waals surface area contributed by atoms with E-state index in [4.69, 9.17) is 0 Å². The molecule has 0 amide bonds. The third kappa shape index (κ3) is 1.20. The van der Waals surface area contributed by atoms with Gasteiger partial charge in [-0.2, -0.15) is 0 Å². The summed E-state index contributed by atoms with van der Waals surface area (Å²) >= 11 is 0. The van der Waals surface area contributed by atoms with E-state index in [1.165, 1.54) is 7.11 Å². The van der Waals surface area contributed by atoms with Crippen LogP contribution in [0.3, 0.4) is 0 Å². The molecule has 0 atom stereocenters. The van der Waals surface area contributed by atoms with E-state index < -0.39 is 0 Å². The lowest BCUT2D eigenvalue weighted by Gasteiger charge is -2.30. The van der Waals surface area contributed by atoms with Gasteiger partial charge in [-0.1, -0.05) is 0 Å². The molecule has 0 spiro atoms. The van der Waals surface area contributed by atoms with Gasteiger partial charge < -0.3 is 4.74 Å². The predicted octanol–water partition coefficient (Wildman–Crippen LogP) is 0.617. The van der Waals surface area contributed by atoms with E-state index in [-0.39, 0.29) is 5.97 Å². The summed E-state index contributed by atoms with van der Waals surface area (Å²) in [5.74, 6) is -0.319. The highest BCUT2D eigenvalue weighted by molar-refractivity contribution is 5.88. The molecular weight excluding hydrogens is 168 g/mol. The number of hydrogen-bond acceptors (Lipinski definition) is 4. The topological polar surface area (TPSA) is 32.8 Å². The van der Waals surface area contributed by atoms with Gasteiger partial charge in [-0.25, -0.2) is 4.79 Å². The Labute approximate surface area is 76.3 Å².